The van der Waals surface area contributed by atoms with Gasteiger partial charge in [0.05, 0.1) is 10.4 Å². The first kappa shape index (κ1) is 38.6. The van der Waals surface area contributed by atoms with Crippen LogP contribution in [0.3, 0.4) is 0 Å². The fourth-order valence-corrected chi connectivity index (χ4v) is 7.34. The molecule has 0 atom stereocenters. The van der Waals surface area contributed by atoms with Crippen LogP contribution in [0.25, 0.3) is 66.7 Å². The molecule has 0 aliphatic heterocycles. The monoisotopic (exact) mass is 821 g/mol. The van der Waals surface area contributed by atoms with Gasteiger partial charge in [0.1, 0.15) is 11.5 Å². The highest BCUT2D eigenvalue weighted by atomic mass is 32.2. The summed E-state index contributed by atoms with van der Waals surface area (Å²) in [6.45, 7) is 0. The molecule has 2 N–H and O–H groups in total. The molecule has 3 aromatic heterocycles. The summed E-state index contributed by atoms with van der Waals surface area (Å²) in [4.78, 5) is 63.1. The lowest BCUT2D eigenvalue weighted by Gasteiger charge is -2.09. The largest absolute Gasteiger partial charge is 0.365 e. The molecule has 8 aromatic rings. The first-order chi connectivity index (χ1) is 28.8. The highest BCUT2D eigenvalue weighted by molar-refractivity contribution is 8.00. The summed E-state index contributed by atoms with van der Waals surface area (Å²) in [6, 6.07) is 34.7. The lowest BCUT2D eigenvalue weighted by Crippen LogP contribution is -2.14. The molecule has 59 heavy (non-hydrogen) atoms. The number of nitro groups is 1. The summed E-state index contributed by atoms with van der Waals surface area (Å²) >= 11 is 1.94. The van der Waals surface area contributed by atoms with Crippen LogP contribution in [0.5, 0.6) is 0 Å². The second-order valence-electron chi connectivity index (χ2n) is 13.0. The Bertz CT molecular complexity index is 2900. The maximum absolute atomic E-state index is 12.5. The average Bonchev–Trinajstić information content (AvgIpc) is 3.96. The molecule has 0 aliphatic carbocycles. The number of rotatable bonds is 13. The van der Waals surface area contributed by atoms with E-state index in [1.165, 1.54) is 12.1 Å². The van der Waals surface area contributed by atoms with Crippen molar-refractivity contribution < 1.29 is 24.3 Å². The smallest absolute Gasteiger partial charge is 0.301 e. The van der Waals surface area contributed by atoms with Crippen LogP contribution in [-0.4, -0.2) is 77.0 Å². The molecule has 5 aromatic carbocycles. The van der Waals surface area contributed by atoms with Crippen LogP contribution in [0.15, 0.2) is 131 Å². The average molecular weight is 822 g/mol. The van der Waals surface area contributed by atoms with Crippen molar-refractivity contribution in [3.63, 3.8) is 0 Å². The summed E-state index contributed by atoms with van der Waals surface area (Å²) in [5.41, 5.74) is 6.39. The molecule has 15 nitrogen and oxygen atoms in total. The Balaban J connectivity index is 0.853. The minimum atomic E-state index is -0.849. The summed E-state index contributed by atoms with van der Waals surface area (Å²) in [6.07, 6.45) is 4.18. The molecule has 292 valence electrons. The Hall–Kier alpha value is -7.24. The van der Waals surface area contributed by atoms with E-state index in [9.17, 15) is 19.7 Å². The van der Waals surface area contributed by atoms with Crippen molar-refractivity contribution in [3.8, 4) is 45.0 Å². The summed E-state index contributed by atoms with van der Waals surface area (Å²) in [5.74, 6) is -1.39. The van der Waals surface area contributed by atoms with E-state index >= 15 is 0 Å². The molecule has 0 spiro atoms. The van der Waals surface area contributed by atoms with Gasteiger partial charge in [-0.05, 0) is 81.1 Å². The van der Waals surface area contributed by atoms with E-state index in [-0.39, 0.29) is 28.2 Å². The van der Waals surface area contributed by atoms with Gasteiger partial charge in [-0.1, -0.05) is 78.1 Å². The van der Waals surface area contributed by atoms with E-state index in [2.05, 4.69) is 76.7 Å². The summed E-state index contributed by atoms with van der Waals surface area (Å²) < 4.78 is 0. The molecule has 0 unspecified atom stereocenters. The van der Waals surface area contributed by atoms with Crippen LogP contribution >= 0.6 is 23.5 Å². The van der Waals surface area contributed by atoms with Crippen LogP contribution in [0, 0.1) is 10.1 Å². The van der Waals surface area contributed by atoms with Crippen molar-refractivity contribution >= 4 is 69.0 Å². The van der Waals surface area contributed by atoms with Crippen LogP contribution < -0.4 is 0 Å². The zero-order chi connectivity index (χ0) is 40.7. The second-order valence-corrected chi connectivity index (χ2v) is 14.9. The molecule has 0 fully saturated rings. The van der Waals surface area contributed by atoms with Gasteiger partial charge in [-0.2, -0.15) is 0 Å². The number of hydrogen-bond acceptors (Lipinski definition) is 14. The van der Waals surface area contributed by atoms with Crippen molar-refractivity contribution in [3.05, 3.63) is 131 Å². The Morgan fingerprint density at radius 1 is 0.695 bits per heavy atom. The molecule has 8 rings (SSSR count). The lowest BCUT2D eigenvalue weighted by atomic mass is 9.96. The summed E-state index contributed by atoms with van der Waals surface area (Å²) in [7, 11) is 1.74. The summed E-state index contributed by atoms with van der Waals surface area (Å²) in [5, 5.41) is 29.6. The molecule has 0 aliphatic rings. The van der Waals surface area contributed by atoms with Crippen LogP contribution in [0.1, 0.15) is 5.56 Å². The number of aliphatic imine (C=N–C) groups is 1. The number of benzene rings is 5. The topological polar surface area (TPSA) is 204 Å². The van der Waals surface area contributed by atoms with Gasteiger partial charge in [-0.3, -0.25) is 25.3 Å². The molecule has 0 saturated heterocycles. The zero-order valence-electron chi connectivity index (χ0n) is 31.1. The zero-order valence-corrected chi connectivity index (χ0v) is 32.7. The Labute approximate surface area is 343 Å². The Morgan fingerprint density at radius 2 is 1.27 bits per heavy atom. The molecule has 0 radical (unpaired) electrons. The van der Waals surface area contributed by atoms with Gasteiger partial charge in [0.2, 0.25) is 10.3 Å². The van der Waals surface area contributed by atoms with Gasteiger partial charge in [0.25, 0.3) is 5.69 Å². The van der Waals surface area contributed by atoms with E-state index < -0.39 is 16.9 Å². The van der Waals surface area contributed by atoms with Crippen molar-refractivity contribution in [1.29, 1.82) is 0 Å². The number of fused-ring (bicyclic) bond motifs is 2. The van der Waals surface area contributed by atoms with Gasteiger partial charge in [0, 0.05) is 54.5 Å². The minimum absolute atomic E-state index is 0.128. The number of carbonyl (C=O) groups excluding carboxylic acids is 2. The van der Waals surface area contributed by atoms with Crippen molar-refractivity contribution in [2.24, 2.45) is 4.99 Å². The standard InChI is InChI=1S/C42H31N9O6S2/c1-43-14-12-25-15-31(28-9-8-26-5-2-3-6-27(26)17-28)19-33(16-25)39-45-41(49-47-39)58-23-37(52)56-57-38(53)24-59-42-46-40(48-50-42)34-20-32(21-35(22-34)51(54)55)29-10-11-36-30(18-29)7-4-13-44-36/h2-11,13-22H,12,23-24H2,1H3,(H,45,47,49)(H,46,48,50). The van der Waals surface area contributed by atoms with Gasteiger partial charge < -0.3 is 4.99 Å². The number of nitrogens with zero attached hydrogens (tertiary/aromatic N) is 7. The molecular formula is C42H31N9O6S2. The van der Waals surface area contributed by atoms with Gasteiger partial charge in [0.15, 0.2) is 11.6 Å². The highest BCUT2D eigenvalue weighted by Crippen LogP contribution is 2.33. The molecule has 17 heteroatoms. The molecular weight excluding hydrogens is 791 g/mol. The number of aromatic nitrogens is 7. The van der Waals surface area contributed by atoms with Gasteiger partial charge in [-0.25, -0.2) is 29.3 Å². The van der Waals surface area contributed by atoms with Crippen molar-refractivity contribution in [1.82, 2.24) is 35.3 Å². The van der Waals surface area contributed by atoms with E-state index in [1.807, 2.05) is 60.8 Å². The first-order valence-corrected chi connectivity index (χ1v) is 19.9. The SMILES string of the molecule is CN=CCc1cc(-c2ccc3ccccc3c2)cc(-c2nc(SCC(=O)OOC(=O)CSc3n[nH]c(-c4cc(-c5ccc6ncccc6c5)cc([N+](=O)[O-])c4)n3)n[nH]2)c1. The second kappa shape index (κ2) is 17.5. The van der Waals surface area contributed by atoms with E-state index in [1.54, 1.807) is 19.3 Å². The van der Waals surface area contributed by atoms with E-state index in [0.29, 0.717) is 28.5 Å². The number of carbonyl (C=O) groups is 2. The lowest BCUT2D eigenvalue weighted by molar-refractivity contribution is -0.384. The quantitative estimate of drug-likeness (QED) is 0.0370. The third kappa shape index (κ3) is 9.33. The van der Waals surface area contributed by atoms with Crippen LogP contribution in [0.2, 0.25) is 0 Å². The number of thioether (sulfide) groups is 2. The fraction of sp³-hybridized carbons (Fsp3) is 0.0952. The number of H-pyrrole nitrogens is 2. The van der Waals surface area contributed by atoms with Crippen molar-refractivity contribution in [2.75, 3.05) is 18.6 Å². The number of hydrogen-bond donors (Lipinski definition) is 2. The van der Waals surface area contributed by atoms with E-state index in [0.717, 1.165) is 73.0 Å². The molecule has 0 bridgehead atoms. The molecule has 3 heterocycles. The molecule has 0 saturated carbocycles. The van der Waals surface area contributed by atoms with Crippen molar-refractivity contribution in [2.45, 2.75) is 16.7 Å². The van der Waals surface area contributed by atoms with Crippen LogP contribution in [0.4, 0.5) is 5.69 Å². The number of non-ortho nitro benzene ring substituents is 1. The van der Waals surface area contributed by atoms with Crippen LogP contribution in [-0.2, 0) is 25.8 Å². The number of aromatic amines is 2. The fourth-order valence-electron chi connectivity index (χ4n) is 6.22. The minimum Gasteiger partial charge on any atom is -0.301 e. The maximum atomic E-state index is 12.5. The number of nitro benzene ring substituents is 1. The van der Waals surface area contributed by atoms with E-state index in [4.69, 9.17) is 9.78 Å². The Morgan fingerprint density at radius 3 is 1.95 bits per heavy atom. The van der Waals surface area contributed by atoms with Gasteiger partial charge >= 0.3 is 11.9 Å². The first-order valence-electron chi connectivity index (χ1n) is 18.0. The third-order valence-corrected chi connectivity index (χ3v) is 10.6. The normalized spacial score (nSPS) is 11.3. The highest BCUT2D eigenvalue weighted by Gasteiger charge is 2.18. The number of pyridine rings is 1. The van der Waals surface area contributed by atoms with Gasteiger partial charge in [-0.15, -0.1) is 10.2 Å². The third-order valence-electron chi connectivity index (χ3n) is 8.99. The number of nitrogens with one attached hydrogen (secondary N) is 2. The predicted octanol–water partition coefficient (Wildman–Crippen LogP) is 8.33. The maximum Gasteiger partial charge on any atom is 0.365 e. The Kier molecular flexibility index (Phi) is 11.5. The predicted molar refractivity (Wildman–Crippen MR) is 226 cm³/mol. The molecule has 0 amide bonds.